The maximum Gasteiger partial charge on any atom is 0.291 e. The summed E-state index contributed by atoms with van der Waals surface area (Å²) in [6.45, 7) is 8.34. The average molecular weight is 284 g/mol. The van der Waals surface area contributed by atoms with E-state index in [1.54, 1.807) is 12.3 Å². The summed E-state index contributed by atoms with van der Waals surface area (Å²) in [6, 6.07) is 9.77. The van der Waals surface area contributed by atoms with Crippen molar-refractivity contribution in [3.8, 4) is 0 Å². The number of carbonyl (C=O) groups is 1. The van der Waals surface area contributed by atoms with Crippen LogP contribution in [0.2, 0.25) is 0 Å². The van der Waals surface area contributed by atoms with E-state index < -0.39 is 0 Å². The number of nitrogens with one attached hydrogen (secondary N) is 2. The summed E-state index contributed by atoms with van der Waals surface area (Å²) in [4.78, 5) is 11.7. The second-order valence-electron chi connectivity index (χ2n) is 6.01. The fourth-order valence-corrected chi connectivity index (χ4v) is 1.83. The maximum atomic E-state index is 11.7. The highest BCUT2D eigenvalue weighted by Crippen LogP contribution is 2.21. The first-order valence-electron chi connectivity index (χ1n) is 6.82. The van der Waals surface area contributed by atoms with Crippen molar-refractivity contribution in [2.24, 2.45) is 5.10 Å². The topological polar surface area (TPSA) is 70.1 Å². The van der Waals surface area contributed by atoms with Gasteiger partial charge in [0.25, 0.3) is 5.91 Å². The Balaban J connectivity index is 1.97. The number of amides is 1. The van der Waals surface area contributed by atoms with Gasteiger partial charge in [0.1, 0.15) is 0 Å². The Morgan fingerprint density at radius 3 is 2.48 bits per heavy atom. The molecule has 0 saturated carbocycles. The summed E-state index contributed by atoms with van der Waals surface area (Å²) in [5, 5.41) is 10.5. The number of hydrogen-bond acceptors (Lipinski definition) is 3. The van der Waals surface area contributed by atoms with Crippen molar-refractivity contribution >= 4 is 12.1 Å². The van der Waals surface area contributed by atoms with Gasteiger partial charge in [-0.15, -0.1) is 0 Å². The van der Waals surface area contributed by atoms with Crippen LogP contribution >= 0.6 is 0 Å². The number of carbonyl (C=O) groups excluding carboxylic acids is 1. The minimum Gasteiger partial charge on any atom is -0.282 e. The molecule has 0 aliphatic rings. The van der Waals surface area contributed by atoms with Crippen molar-refractivity contribution in [3.05, 3.63) is 52.8 Å². The molecule has 5 heteroatoms. The first-order chi connectivity index (χ1) is 9.86. The van der Waals surface area contributed by atoms with Crippen LogP contribution in [-0.2, 0) is 5.41 Å². The van der Waals surface area contributed by atoms with Gasteiger partial charge in [-0.05, 0) is 29.5 Å². The van der Waals surface area contributed by atoms with E-state index in [0.29, 0.717) is 5.69 Å². The molecule has 0 saturated heterocycles. The molecule has 0 bridgehead atoms. The molecule has 0 aliphatic heterocycles. The van der Waals surface area contributed by atoms with E-state index in [1.807, 2.05) is 19.1 Å². The molecular weight excluding hydrogens is 264 g/mol. The number of aryl methyl sites for hydroxylation is 1. The number of hydrogen-bond donors (Lipinski definition) is 2. The Hall–Kier alpha value is -2.43. The predicted octanol–water partition coefficient (Wildman–Crippen LogP) is 2.78. The van der Waals surface area contributed by atoms with Gasteiger partial charge in [-0.25, -0.2) is 5.43 Å². The van der Waals surface area contributed by atoms with Crippen molar-refractivity contribution in [1.82, 2.24) is 15.6 Å². The third-order valence-corrected chi connectivity index (χ3v) is 3.09. The smallest absolute Gasteiger partial charge is 0.282 e. The van der Waals surface area contributed by atoms with E-state index in [9.17, 15) is 4.79 Å². The monoisotopic (exact) mass is 284 g/mol. The first-order valence-corrected chi connectivity index (χ1v) is 6.82. The van der Waals surface area contributed by atoms with Crippen LogP contribution < -0.4 is 5.43 Å². The molecule has 2 N–H and O–H groups in total. The summed E-state index contributed by atoms with van der Waals surface area (Å²) in [5.74, 6) is -0.332. The molecule has 1 aromatic carbocycles. The second kappa shape index (κ2) is 5.91. The van der Waals surface area contributed by atoms with Gasteiger partial charge in [-0.2, -0.15) is 10.2 Å². The van der Waals surface area contributed by atoms with E-state index in [2.05, 4.69) is 53.6 Å². The van der Waals surface area contributed by atoms with Gasteiger partial charge in [0, 0.05) is 5.69 Å². The second-order valence-corrected chi connectivity index (χ2v) is 6.01. The van der Waals surface area contributed by atoms with E-state index in [-0.39, 0.29) is 11.3 Å². The molecule has 1 heterocycles. The Morgan fingerprint density at radius 1 is 1.29 bits per heavy atom. The largest absolute Gasteiger partial charge is 0.291 e. The lowest BCUT2D eigenvalue weighted by molar-refractivity contribution is 0.0950. The third-order valence-electron chi connectivity index (χ3n) is 3.09. The van der Waals surface area contributed by atoms with Crippen LogP contribution in [0.1, 0.15) is 48.1 Å². The van der Waals surface area contributed by atoms with Crippen LogP contribution in [-0.4, -0.2) is 22.3 Å². The van der Waals surface area contributed by atoms with Crippen LogP contribution in [0.3, 0.4) is 0 Å². The molecule has 0 fully saturated rings. The number of nitrogens with zero attached hydrogens (tertiary/aromatic N) is 2. The molecule has 21 heavy (non-hydrogen) atoms. The maximum absolute atomic E-state index is 11.7. The Kier molecular flexibility index (Phi) is 4.21. The highest BCUT2D eigenvalue weighted by Gasteiger charge is 2.12. The van der Waals surface area contributed by atoms with Gasteiger partial charge in [-0.1, -0.05) is 45.0 Å². The lowest BCUT2D eigenvalue weighted by Gasteiger charge is -2.18. The number of rotatable bonds is 3. The van der Waals surface area contributed by atoms with E-state index in [4.69, 9.17) is 0 Å². The Bertz CT molecular complexity index is 648. The average Bonchev–Trinajstić information content (AvgIpc) is 2.85. The van der Waals surface area contributed by atoms with Crippen molar-refractivity contribution in [1.29, 1.82) is 0 Å². The van der Waals surface area contributed by atoms with E-state index >= 15 is 0 Å². The molecule has 0 atom stereocenters. The standard InChI is InChI=1S/C16H20N4O/c1-11-9-14(19-18-11)15(21)20-17-10-12-5-7-13(8-6-12)16(2,3)4/h5-10H,1-4H3,(H,18,19)(H,20,21)/b17-10+. The van der Waals surface area contributed by atoms with Crippen molar-refractivity contribution in [2.75, 3.05) is 0 Å². The predicted molar refractivity (Wildman–Crippen MR) is 83.5 cm³/mol. The van der Waals surface area contributed by atoms with Gasteiger partial charge in [0.05, 0.1) is 6.21 Å². The lowest BCUT2D eigenvalue weighted by atomic mass is 9.87. The molecule has 1 amide bonds. The van der Waals surface area contributed by atoms with Crippen LogP contribution in [0.4, 0.5) is 0 Å². The number of H-pyrrole nitrogens is 1. The molecule has 5 nitrogen and oxygen atoms in total. The Morgan fingerprint density at radius 2 is 1.95 bits per heavy atom. The third kappa shape index (κ3) is 4.02. The molecule has 2 rings (SSSR count). The summed E-state index contributed by atoms with van der Waals surface area (Å²) in [5.41, 5.74) is 5.93. The summed E-state index contributed by atoms with van der Waals surface area (Å²) in [7, 11) is 0. The quantitative estimate of drug-likeness (QED) is 0.672. The molecule has 0 spiro atoms. The molecule has 0 radical (unpaired) electrons. The SMILES string of the molecule is Cc1cc(C(=O)N/N=C/c2ccc(C(C)(C)C)cc2)n[nH]1. The number of hydrazone groups is 1. The van der Waals surface area contributed by atoms with Crippen LogP contribution in [0.5, 0.6) is 0 Å². The molecule has 0 aliphatic carbocycles. The minimum absolute atomic E-state index is 0.127. The highest BCUT2D eigenvalue weighted by atomic mass is 16.2. The molecule has 1 aromatic heterocycles. The Labute approximate surface area is 124 Å². The number of benzene rings is 1. The zero-order chi connectivity index (χ0) is 15.5. The van der Waals surface area contributed by atoms with Gasteiger partial charge in [0.2, 0.25) is 0 Å². The fraction of sp³-hybridized carbons (Fsp3) is 0.312. The van der Waals surface area contributed by atoms with Crippen LogP contribution in [0, 0.1) is 6.92 Å². The summed E-state index contributed by atoms with van der Waals surface area (Å²) >= 11 is 0. The fourth-order valence-electron chi connectivity index (χ4n) is 1.83. The zero-order valence-corrected chi connectivity index (χ0v) is 12.8. The highest BCUT2D eigenvalue weighted by molar-refractivity contribution is 5.93. The summed E-state index contributed by atoms with van der Waals surface area (Å²) in [6.07, 6.45) is 1.61. The van der Waals surface area contributed by atoms with Gasteiger partial charge in [0.15, 0.2) is 5.69 Å². The van der Waals surface area contributed by atoms with E-state index in [1.165, 1.54) is 5.56 Å². The summed E-state index contributed by atoms with van der Waals surface area (Å²) < 4.78 is 0. The van der Waals surface area contributed by atoms with Crippen LogP contribution in [0.25, 0.3) is 0 Å². The first kappa shape index (κ1) is 15.0. The van der Waals surface area contributed by atoms with Gasteiger partial charge >= 0.3 is 0 Å². The van der Waals surface area contributed by atoms with Crippen molar-refractivity contribution in [2.45, 2.75) is 33.1 Å². The van der Waals surface area contributed by atoms with E-state index in [0.717, 1.165) is 11.3 Å². The van der Waals surface area contributed by atoms with Crippen molar-refractivity contribution in [3.63, 3.8) is 0 Å². The number of aromatic amines is 1. The minimum atomic E-state index is -0.332. The molecule has 0 unspecified atom stereocenters. The lowest BCUT2D eigenvalue weighted by Crippen LogP contribution is -2.18. The van der Waals surface area contributed by atoms with Gasteiger partial charge < -0.3 is 0 Å². The normalized spacial score (nSPS) is 11.8. The van der Waals surface area contributed by atoms with Crippen molar-refractivity contribution < 1.29 is 4.79 Å². The molecule has 110 valence electrons. The molecule has 2 aromatic rings. The zero-order valence-electron chi connectivity index (χ0n) is 12.8. The van der Waals surface area contributed by atoms with Crippen LogP contribution in [0.15, 0.2) is 35.4 Å². The molecular formula is C16H20N4O. The number of aromatic nitrogens is 2. The van der Waals surface area contributed by atoms with Gasteiger partial charge in [-0.3, -0.25) is 9.89 Å².